The van der Waals surface area contributed by atoms with Gasteiger partial charge in [0.05, 0.1) is 12.8 Å². The summed E-state index contributed by atoms with van der Waals surface area (Å²) in [6.07, 6.45) is 0. The van der Waals surface area contributed by atoms with Gasteiger partial charge in [-0.05, 0) is 6.07 Å². The molecule has 1 aliphatic heterocycles. The summed E-state index contributed by atoms with van der Waals surface area (Å²) >= 11 is 0. The van der Waals surface area contributed by atoms with Crippen LogP contribution in [0.15, 0.2) is 12.1 Å². The zero-order valence-corrected chi connectivity index (χ0v) is 8.24. The van der Waals surface area contributed by atoms with Crippen LogP contribution < -0.4 is 14.8 Å². The number of ether oxygens (including phenoxy) is 2. The third-order valence-corrected chi connectivity index (χ3v) is 2.21. The summed E-state index contributed by atoms with van der Waals surface area (Å²) in [6, 6.07) is 3.11. The Labute approximate surface area is 86.6 Å². The zero-order valence-electron chi connectivity index (χ0n) is 8.24. The van der Waals surface area contributed by atoms with Gasteiger partial charge in [0.15, 0.2) is 0 Å². The van der Waals surface area contributed by atoms with Crippen LogP contribution in [0.5, 0.6) is 11.5 Å². The van der Waals surface area contributed by atoms with Gasteiger partial charge >= 0.3 is 5.97 Å². The van der Waals surface area contributed by atoms with Crippen molar-refractivity contribution in [3.8, 4) is 11.5 Å². The molecular formula is C10H11NO4. The number of methoxy groups -OCH3 is 1. The molecule has 0 aromatic heterocycles. The standard InChI is InChI=1S/C10H11NO4/c1-14-8-5-9-7(11-2-3-15-9)4-6(8)10(12)13/h4-5,11H,2-3H2,1H3,(H,12,13). The van der Waals surface area contributed by atoms with E-state index in [1.165, 1.54) is 13.2 Å². The molecule has 0 radical (unpaired) electrons. The van der Waals surface area contributed by atoms with Gasteiger partial charge in [0.1, 0.15) is 23.7 Å². The molecule has 15 heavy (non-hydrogen) atoms. The number of carbonyl (C=O) groups is 1. The van der Waals surface area contributed by atoms with Gasteiger partial charge in [-0.15, -0.1) is 0 Å². The van der Waals surface area contributed by atoms with Crippen molar-refractivity contribution in [1.82, 2.24) is 0 Å². The van der Waals surface area contributed by atoms with Crippen molar-refractivity contribution in [2.75, 3.05) is 25.6 Å². The number of anilines is 1. The van der Waals surface area contributed by atoms with E-state index in [1.54, 1.807) is 6.07 Å². The van der Waals surface area contributed by atoms with Crippen LogP contribution >= 0.6 is 0 Å². The first-order valence-electron chi connectivity index (χ1n) is 4.54. The van der Waals surface area contributed by atoms with Gasteiger partial charge < -0.3 is 19.9 Å². The smallest absolute Gasteiger partial charge is 0.339 e. The molecule has 2 rings (SSSR count). The summed E-state index contributed by atoms with van der Waals surface area (Å²) in [5.41, 5.74) is 0.828. The van der Waals surface area contributed by atoms with E-state index in [9.17, 15) is 4.79 Å². The lowest BCUT2D eigenvalue weighted by Crippen LogP contribution is -2.18. The number of hydrogen-bond donors (Lipinski definition) is 2. The molecule has 0 bridgehead atoms. The molecule has 5 heteroatoms. The Balaban J connectivity index is 2.51. The van der Waals surface area contributed by atoms with E-state index < -0.39 is 5.97 Å². The Morgan fingerprint density at radius 3 is 3.07 bits per heavy atom. The van der Waals surface area contributed by atoms with E-state index in [-0.39, 0.29) is 5.56 Å². The van der Waals surface area contributed by atoms with Crippen molar-refractivity contribution in [2.24, 2.45) is 0 Å². The Morgan fingerprint density at radius 1 is 1.60 bits per heavy atom. The largest absolute Gasteiger partial charge is 0.496 e. The van der Waals surface area contributed by atoms with Crippen LogP contribution in [0, 0.1) is 0 Å². The van der Waals surface area contributed by atoms with Crippen LogP contribution in [0.2, 0.25) is 0 Å². The molecule has 0 spiro atoms. The zero-order chi connectivity index (χ0) is 10.8. The molecule has 0 unspecified atom stereocenters. The van der Waals surface area contributed by atoms with Gasteiger partial charge in [0.2, 0.25) is 0 Å². The first-order valence-corrected chi connectivity index (χ1v) is 4.54. The number of carboxylic acids is 1. The number of hydrogen-bond acceptors (Lipinski definition) is 4. The molecule has 1 aromatic carbocycles. The average molecular weight is 209 g/mol. The highest BCUT2D eigenvalue weighted by molar-refractivity contribution is 5.93. The van der Waals surface area contributed by atoms with E-state index >= 15 is 0 Å². The summed E-state index contributed by atoms with van der Waals surface area (Å²) in [4.78, 5) is 10.9. The van der Waals surface area contributed by atoms with Gasteiger partial charge in [0.25, 0.3) is 0 Å². The van der Waals surface area contributed by atoms with E-state index in [0.717, 1.165) is 0 Å². The molecule has 0 atom stereocenters. The third-order valence-electron chi connectivity index (χ3n) is 2.21. The van der Waals surface area contributed by atoms with Crippen LogP contribution in [0.3, 0.4) is 0 Å². The molecule has 0 saturated heterocycles. The quantitative estimate of drug-likeness (QED) is 0.766. The van der Waals surface area contributed by atoms with Gasteiger partial charge in [-0.2, -0.15) is 0 Å². The Morgan fingerprint density at radius 2 is 2.40 bits per heavy atom. The molecule has 0 fully saturated rings. The average Bonchev–Trinajstić information content (AvgIpc) is 2.27. The van der Waals surface area contributed by atoms with Crippen molar-refractivity contribution in [1.29, 1.82) is 0 Å². The number of benzene rings is 1. The fourth-order valence-corrected chi connectivity index (χ4v) is 1.50. The first kappa shape index (κ1) is 9.64. The topological polar surface area (TPSA) is 67.8 Å². The fourth-order valence-electron chi connectivity index (χ4n) is 1.50. The highest BCUT2D eigenvalue weighted by Gasteiger charge is 2.18. The minimum atomic E-state index is -1.01. The van der Waals surface area contributed by atoms with Gasteiger partial charge in [0, 0.05) is 12.6 Å². The van der Waals surface area contributed by atoms with E-state index in [0.29, 0.717) is 30.3 Å². The first-order chi connectivity index (χ1) is 7.22. The lowest BCUT2D eigenvalue weighted by atomic mass is 10.1. The van der Waals surface area contributed by atoms with Crippen LogP contribution in [-0.2, 0) is 0 Å². The molecule has 0 aliphatic carbocycles. The minimum absolute atomic E-state index is 0.134. The lowest BCUT2D eigenvalue weighted by molar-refractivity contribution is 0.0693. The fraction of sp³-hybridized carbons (Fsp3) is 0.300. The van der Waals surface area contributed by atoms with Crippen LogP contribution in [-0.4, -0.2) is 31.3 Å². The van der Waals surface area contributed by atoms with E-state index in [4.69, 9.17) is 14.6 Å². The highest BCUT2D eigenvalue weighted by atomic mass is 16.5. The third kappa shape index (κ3) is 1.68. The van der Waals surface area contributed by atoms with Crippen molar-refractivity contribution < 1.29 is 19.4 Å². The minimum Gasteiger partial charge on any atom is -0.496 e. The maximum atomic E-state index is 10.9. The van der Waals surface area contributed by atoms with Gasteiger partial charge in [-0.3, -0.25) is 0 Å². The van der Waals surface area contributed by atoms with Crippen LogP contribution in [0.25, 0.3) is 0 Å². The summed E-state index contributed by atoms with van der Waals surface area (Å²) in [5, 5.41) is 12.0. The molecule has 0 amide bonds. The summed E-state index contributed by atoms with van der Waals surface area (Å²) < 4.78 is 10.3. The molecule has 1 aromatic rings. The second-order valence-electron chi connectivity index (χ2n) is 3.13. The molecule has 2 N–H and O–H groups in total. The lowest BCUT2D eigenvalue weighted by Gasteiger charge is -2.20. The maximum Gasteiger partial charge on any atom is 0.339 e. The Hall–Kier alpha value is -1.91. The second kappa shape index (κ2) is 3.68. The number of carboxylic acid groups (broad SMARTS) is 1. The van der Waals surface area contributed by atoms with Crippen molar-refractivity contribution in [2.45, 2.75) is 0 Å². The second-order valence-corrected chi connectivity index (χ2v) is 3.13. The summed E-state index contributed by atoms with van der Waals surface area (Å²) in [5.74, 6) is -0.0740. The predicted octanol–water partition coefficient (Wildman–Crippen LogP) is 1.20. The van der Waals surface area contributed by atoms with Crippen molar-refractivity contribution in [3.05, 3.63) is 17.7 Å². The number of rotatable bonds is 2. The Kier molecular flexibility index (Phi) is 2.37. The number of fused-ring (bicyclic) bond motifs is 1. The number of nitrogens with one attached hydrogen (secondary N) is 1. The molecule has 1 heterocycles. The molecule has 1 aliphatic rings. The van der Waals surface area contributed by atoms with Crippen molar-refractivity contribution >= 4 is 11.7 Å². The number of aromatic carboxylic acids is 1. The maximum absolute atomic E-state index is 10.9. The molecule has 5 nitrogen and oxygen atoms in total. The monoisotopic (exact) mass is 209 g/mol. The van der Waals surface area contributed by atoms with E-state index in [1.807, 2.05) is 0 Å². The highest BCUT2D eigenvalue weighted by Crippen LogP contribution is 2.34. The van der Waals surface area contributed by atoms with Crippen LogP contribution in [0.1, 0.15) is 10.4 Å². The van der Waals surface area contributed by atoms with Gasteiger partial charge in [-0.25, -0.2) is 4.79 Å². The van der Waals surface area contributed by atoms with Crippen molar-refractivity contribution in [3.63, 3.8) is 0 Å². The van der Waals surface area contributed by atoms with Gasteiger partial charge in [-0.1, -0.05) is 0 Å². The normalized spacial score (nSPS) is 13.4. The summed E-state index contributed by atoms with van der Waals surface area (Å²) in [6.45, 7) is 1.25. The van der Waals surface area contributed by atoms with Crippen LogP contribution in [0.4, 0.5) is 5.69 Å². The SMILES string of the molecule is COc1cc2c(cc1C(=O)O)NCCO2. The Bertz CT molecular complexity index is 403. The summed E-state index contributed by atoms with van der Waals surface area (Å²) in [7, 11) is 1.43. The van der Waals surface area contributed by atoms with E-state index in [2.05, 4.69) is 5.32 Å². The molecular weight excluding hydrogens is 198 g/mol. The molecule has 0 saturated carbocycles. The molecule has 80 valence electrons. The predicted molar refractivity (Wildman–Crippen MR) is 53.9 cm³/mol.